The van der Waals surface area contributed by atoms with Gasteiger partial charge in [0, 0.05) is 24.7 Å². The number of rotatable bonds is 8. The maximum atomic E-state index is 13.3. The first-order chi connectivity index (χ1) is 18.1. The first-order valence-corrected chi connectivity index (χ1v) is 14.3. The van der Waals surface area contributed by atoms with E-state index in [0.717, 1.165) is 5.39 Å². The molecule has 1 aromatic carbocycles. The van der Waals surface area contributed by atoms with E-state index in [9.17, 15) is 23.1 Å². The Bertz CT molecular complexity index is 1330. The topological polar surface area (TPSA) is 142 Å². The Balaban J connectivity index is 1.45. The number of aromatic nitrogens is 1. The number of carbonyl (C=O) groups excluding carboxylic acids is 2. The summed E-state index contributed by atoms with van der Waals surface area (Å²) in [5, 5.41) is 17.3. The van der Waals surface area contributed by atoms with Gasteiger partial charge in [0.25, 0.3) is 15.9 Å². The predicted octanol–water partition coefficient (Wildman–Crippen LogP) is 2.69. The van der Waals surface area contributed by atoms with Gasteiger partial charge in [-0.3, -0.25) is 9.59 Å². The highest BCUT2D eigenvalue weighted by Crippen LogP contribution is 2.21. The number of fused-ring (bicyclic) bond motifs is 1. The Hall–Kier alpha value is -3.28. The lowest BCUT2D eigenvalue weighted by Crippen LogP contribution is -2.55. The molecule has 204 valence electrons. The fourth-order valence-corrected chi connectivity index (χ4v) is 6.03. The maximum absolute atomic E-state index is 13.3. The molecule has 1 aliphatic rings. The number of nitrogens with one attached hydrogen (secondary N) is 2. The van der Waals surface area contributed by atoms with Gasteiger partial charge in [-0.05, 0) is 55.9 Å². The molecule has 0 radical (unpaired) electrons. The quantitative estimate of drug-likeness (QED) is 0.397. The molecular weight excluding hydrogens is 508 g/mol. The lowest BCUT2D eigenvalue weighted by Gasteiger charge is -2.33. The molecule has 4 rings (SSSR count). The zero-order valence-corrected chi connectivity index (χ0v) is 22.4. The Labute approximate surface area is 222 Å². The van der Waals surface area contributed by atoms with Gasteiger partial charge in [-0.1, -0.05) is 38.1 Å². The minimum absolute atomic E-state index is 0.0846. The lowest BCUT2D eigenvalue weighted by atomic mass is 9.99. The van der Waals surface area contributed by atoms with Crippen LogP contribution in [-0.4, -0.2) is 65.9 Å². The lowest BCUT2D eigenvalue weighted by molar-refractivity contribution is -0.125. The van der Waals surface area contributed by atoms with Gasteiger partial charge in [0.2, 0.25) is 5.91 Å². The second-order valence-corrected chi connectivity index (χ2v) is 11.9. The number of benzene rings is 1. The Kier molecular flexibility index (Phi) is 8.80. The average molecular weight is 543 g/mol. The highest BCUT2D eigenvalue weighted by atomic mass is 32.2. The number of amides is 2. The highest BCUT2D eigenvalue weighted by molar-refractivity contribution is 7.89. The normalized spacial score (nSPS) is 20.0. The van der Waals surface area contributed by atoms with Crippen molar-refractivity contribution in [2.75, 3.05) is 13.1 Å². The van der Waals surface area contributed by atoms with Crippen LogP contribution < -0.4 is 10.6 Å². The molecule has 2 amide bonds. The number of sulfonamides is 1. The van der Waals surface area contributed by atoms with Gasteiger partial charge < -0.3 is 20.2 Å². The third-order valence-electron chi connectivity index (χ3n) is 6.58. The molecule has 2 aromatic heterocycles. The van der Waals surface area contributed by atoms with E-state index in [2.05, 4.69) is 15.6 Å². The smallest absolute Gasteiger partial charge is 0.287 e. The van der Waals surface area contributed by atoms with Crippen molar-refractivity contribution in [1.82, 2.24) is 19.9 Å². The first-order valence-electron chi connectivity index (χ1n) is 12.8. The van der Waals surface area contributed by atoms with Crippen LogP contribution in [0.15, 0.2) is 64.2 Å². The van der Waals surface area contributed by atoms with Crippen LogP contribution in [0, 0.1) is 5.92 Å². The molecule has 0 aliphatic carbocycles. The van der Waals surface area contributed by atoms with Gasteiger partial charge in [-0.15, -0.1) is 0 Å². The first kappa shape index (κ1) is 27.7. The van der Waals surface area contributed by atoms with E-state index < -0.39 is 40.0 Å². The Morgan fingerprint density at radius 3 is 2.63 bits per heavy atom. The van der Waals surface area contributed by atoms with Crippen LogP contribution in [0.3, 0.4) is 0 Å². The third-order valence-corrected chi connectivity index (χ3v) is 8.36. The fraction of sp³-hybridized carbons (Fsp3) is 0.444. The molecule has 3 atom stereocenters. The predicted molar refractivity (Wildman–Crippen MR) is 142 cm³/mol. The number of aliphatic hydroxyl groups excluding tert-OH is 1. The number of carbonyl (C=O) groups is 2. The number of hydrogen-bond donors (Lipinski definition) is 3. The third kappa shape index (κ3) is 6.58. The highest BCUT2D eigenvalue weighted by Gasteiger charge is 2.34. The van der Waals surface area contributed by atoms with Gasteiger partial charge in [0.1, 0.15) is 11.6 Å². The van der Waals surface area contributed by atoms with Crippen molar-refractivity contribution in [1.29, 1.82) is 0 Å². The molecule has 38 heavy (non-hydrogen) atoms. The van der Waals surface area contributed by atoms with E-state index in [0.29, 0.717) is 31.3 Å². The molecule has 1 fully saturated rings. The van der Waals surface area contributed by atoms with E-state index >= 15 is 0 Å². The number of β-amino-alcohol motifs (C(OH)–C–C–N with tert-alkyl or cyclic N) is 1. The summed E-state index contributed by atoms with van der Waals surface area (Å²) in [6.07, 6.45) is 2.31. The average Bonchev–Trinajstić information content (AvgIpc) is 3.32. The van der Waals surface area contributed by atoms with Gasteiger partial charge in [-0.25, -0.2) is 13.4 Å². The maximum Gasteiger partial charge on any atom is 0.287 e. The van der Waals surface area contributed by atoms with Crippen LogP contribution in [0.25, 0.3) is 11.0 Å². The monoisotopic (exact) mass is 542 g/mol. The molecule has 3 heterocycles. The molecule has 2 unspecified atom stereocenters. The van der Waals surface area contributed by atoms with Crippen molar-refractivity contribution in [2.24, 2.45) is 5.92 Å². The Morgan fingerprint density at radius 1 is 1.16 bits per heavy atom. The SMILES string of the molecule is CC(C)C[C@H](NC(=O)c1cc2ccccc2o1)C(=O)NC1CCCCN(S(=O)(=O)c2ccccn2)CC1O. The van der Waals surface area contributed by atoms with Gasteiger partial charge in [-0.2, -0.15) is 4.31 Å². The van der Waals surface area contributed by atoms with E-state index in [-0.39, 0.29) is 29.8 Å². The van der Waals surface area contributed by atoms with Crippen molar-refractivity contribution in [2.45, 2.75) is 62.7 Å². The number of nitrogens with zero attached hydrogens (tertiary/aromatic N) is 2. The van der Waals surface area contributed by atoms with Gasteiger partial charge >= 0.3 is 0 Å². The van der Waals surface area contributed by atoms with Crippen molar-refractivity contribution in [3.8, 4) is 0 Å². The summed E-state index contributed by atoms with van der Waals surface area (Å²) in [4.78, 5) is 30.2. The van der Waals surface area contributed by atoms with Crippen LogP contribution in [0.4, 0.5) is 0 Å². The number of aliphatic hydroxyl groups is 1. The summed E-state index contributed by atoms with van der Waals surface area (Å²) < 4.78 is 33.0. The van der Waals surface area contributed by atoms with E-state index in [1.54, 1.807) is 24.3 Å². The molecule has 3 aromatic rings. The summed E-state index contributed by atoms with van der Waals surface area (Å²) in [5.41, 5.74) is 0.574. The minimum atomic E-state index is -3.89. The van der Waals surface area contributed by atoms with E-state index in [4.69, 9.17) is 4.42 Å². The summed E-state index contributed by atoms with van der Waals surface area (Å²) in [7, 11) is -3.89. The van der Waals surface area contributed by atoms with Crippen LogP contribution in [-0.2, 0) is 14.8 Å². The molecule has 0 saturated carbocycles. The zero-order valence-electron chi connectivity index (χ0n) is 21.5. The zero-order chi connectivity index (χ0) is 27.3. The van der Waals surface area contributed by atoms with E-state index in [1.165, 1.54) is 16.6 Å². The fourth-order valence-electron chi connectivity index (χ4n) is 4.60. The Morgan fingerprint density at radius 2 is 1.92 bits per heavy atom. The molecule has 1 aliphatic heterocycles. The van der Waals surface area contributed by atoms with Gasteiger partial charge in [0.15, 0.2) is 10.8 Å². The molecule has 11 heteroatoms. The summed E-state index contributed by atoms with van der Waals surface area (Å²) in [6.45, 7) is 3.96. The van der Waals surface area contributed by atoms with Crippen LogP contribution in [0.1, 0.15) is 50.1 Å². The molecule has 10 nitrogen and oxygen atoms in total. The molecule has 1 saturated heterocycles. The summed E-state index contributed by atoms with van der Waals surface area (Å²) >= 11 is 0. The number of hydrogen-bond acceptors (Lipinski definition) is 7. The second-order valence-electron chi connectivity index (χ2n) is 10.0. The van der Waals surface area contributed by atoms with Crippen molar-refractivity contribution >= 4 is 32.8 Å². The van der Waals surface area contributed by atoms with Crippen molar-refractivity contribution in [3.63, 3.8) is 0 Å². The molecule has 3 N–H and O–H groups in total. The number of furan rings is 1. The van der Waals surface area contributed by atoms with Crippen LogP contribution in [0.2, 0.25) is 0 Å². The van der Waals surface area contributed by atoms with E-state index in [1.807, 2.05) is 32.0 Å². The largest absolute Gasteiger partial charge is 0.451 e. The molecular formula is C27H34N4O6S. The van der Waals surface area contributed by atoms with Crippen molar-refractivity contribution < 1.29 is 27.5 Å². The summed E-state index contributed by atoms with van der Waals surface area (Å²) in [5.74, 6) is -0.739. The van der Waals surface area contributed by atoms with Crippen LogP contribution in [0.5, 0.6) is 0 Å². The standard InChI is InChI=1S/C27H34N4O6S/c1-18(2)15-21(30-27(34)24-16-19-9-3-4-11-23(19)37-24)26(33)29-20-10-6-8-14-31(17-22(20)32)38(35,36)25-12-5-7-13-28-25/h3-5,7,9,11-13,16,18,20-22,32H,6,8,10,14-15,17H2,1-2H3,(H,29,33)(H,30,34)/t20?,21-,22?/m0/s1. The number of para-hydroxylation sites is 1. The molecule has 0 spiro atoms. The minimum Gasteiger partial charge on any atom is -0.451 e. The second kappa shape index (κ2) is 12.1. The number of pyridine rings is 1. The molecule has 0 bridgehead atoms. The summed E-state index contributed by atoms with van der Waals surface area (Å²) in [6, 6.07) is 12.0. The van der Waals surface area contributed by atoms with Crippen LogP contribution >= 0.6 is 0 Å². The van der Waals surface area contributed by atoms with Crippen molar-refractivity contribution in [3.05, 3.63) is 60.5 Å². The van der Waals surface area contributed by atoms with Gasteiger partial charge in [0.05, 0.1) is 12.1 Å².